The second-order valence-corrected chi connectivity index (χ2v) is 11.3. The van der Waals surface area contributed by atoms with E-state index in [9.17, 15) is 5.11 Å². The molecule has 3 aliphatic rings. The number of hydrogen-bond acceptors (Lipinski definition) is 5. The van der Waals surface area contributed by atoms with Crippen LogP contribution in [0, 0.1) is 0 Å². The minimum absolute atomic E-state index is 0.136. The summed E-state index contributed by atoms with van der Waals surface area (Å²) in [6.45, 7) is 6.89. The number of nitrogens with zero attached hydrogens (tertiary/aromatic N) is 4. The summed E-state index contributed by atoms with van der Waals surface area (Å²) >= 11 is 0. The highest BCUT2D eigenvalue weighted by molar-refractivity contribution is 5.81. The second-order valence-electron chi connectivity index (χ2n) is 11.3. The zero-order chi connectivity index (χ0) is 23.5. The van der Waals surface area contributed by atoms with Crippen LogP contribution in [0.25, 0.3) is 11.0 Å². The fraction of sp³-hybridized carbons (Fsp3) is 0.786. The van der Waals surface area contributed by atoms with E-state index >= 15 is 0 Å². The molecule has 0 radical (unpaired) electrons. The van der Waals surface area contributed by atoms with Gasteiger partial charge in [-0.1, -0.05) is 32.6 Å². The Kier molecular flexibility index (Phi) is 7.74. The van der Waals surface area contributed by atoms with E-state index < -0.39 is 0 Å². The summed E-state index contributed by atoms with van der Waals surface area (Å²) in [6.07, 6.45) is 20.0. The SMILES string of the molecule is CCC[C@H](C)Nc1ncc2c(C3CCN(C4CCCCC4)CC3)cn(C3CCC(O)CC3)c2n1. The van der Waals surface area contributed by atoms with Crippen LogP contribution in [0.4, 0.5) is 5.95 Å². The van der Waals surface area contributed by atoms with Crippen LogP contribution in [0.3, 0.4) is 0 Å². The zero-order valence-electron chi connectivity index (χ0n) is 21.4. The molecule has 188 valence electrons. The van der Waals surface area contributed by atoms with E-state index in [0.717, 1.165) is 56.2 Å². The van der Waals surface area contributed by atoms with Gasteiger partial charge in [-0.25, -0.2) is 4.98 Å². The van der Waals surface area contributed by atoms with Crippen LogP contribution in [0.2, 0.25) is 0 Å². The summed E-state index contributed by atoms with van der Waals surface area (Å²) < 4.78 is 2.45. The lowest BCUT2D eigenvalue weighted by molar-refractivity contribution is 0.111. The van der Waals surface area contributed by atoms with Crippen LogP contribution >= 0.6 is 0 Å². The molecule has 2 aromatic heterocycles. The van der Waals surface area contributed by atoms with Crippen molar-refractivity contribution in [2.45, 2.75) is 127 Å². The fourth-order valence-corrected chi connectivity index (χ4v) is 6.81. The highest BCUT2D eigenvalue weighted by atomic mass is 16.3. The molecule has 0 unspecified atom stereocenters. The molecule has 1 saturated heterocycles. The third-order valence-electron chi connectivity index (χ3n) is 8.82. The highest BCUT2D eigenvalue weighted by Crippen LogP contribution is 2.39. The summed E-state index contributed by atoms with van der Waals surface area (Å²) in [6, 6.07) is 1.63. The molecule has 1 atom stereocenters. The first-order chi connectivity index (χ1) is 16.6. The molecule has 0 aromatic carbocycles. The minimum atomic E-state index is -0.136. The Hall–Kier alpha value is -1.66. The highest BCUT2D eigenvalue weighted by Gasteiger charge is 2.30. The Morgan fingerprint density at radius 1 is 1.00 bits per heavy atom. The smallest absolute Gasteiger partial charge is 0.224 e. The number of rotatable bonds is 7. The van der Waals surface area contributed by atoms with Crippen LogP contribution in [-0.2, 0) is 0 Å². The predicted molar refractivity (Wildman–Crippen MR) is 139 cm³/mol. The molecule has 5 rings (SSSR count). The molecule has 0 amide bonds. The Morgan fingerprint density at radius 3 is 2.44 bits per heavy atom. The fourth-order valence-electron chi connectivity index (χ4n) is 6.81. The number of aliphatic hydroxyl groups excluding tert-OH is 1. The van der Waals surface area contributed by atoms with E-state index in [0.29, 0.717) is 18.0 Å². The average Bonchev–Trinajstić information content (AvgIpc) is 3.24. The first kappa shape index (κ1) is 24.1. The van der Waals surface area contributed by atoms with E-state index in [1.165, 1.54) is 69.0 Å². The van der Waals surface area contributed by atoms with Gasteiger partial charge in [0.25, 0.3) is 0 Å². The van der Waals surface area contributed by atoms with E-state index in [4.69, 9.17) is 9.97 Å². The molecule has 2 aliphatic carbocycles. The number of anilines is 1. The van der Waals surface area contributed by atoms with Gasteiger partial charge in [0, 0.05) is 35.9 Å². The number of hydrogen-bond donors (Lipinski definition) is 2. The number of aromatic nitrogens is 3. The maximum atomic E-state index is 10.1. The van der Waals surface area contributed by atoms with E-state index in [1.807, 2.05) is 0 Å². The zero-order valence-corrected chi connectivity index (χ0v) is 21.4. The molecule has 3 heterocycles. The van der Waals surface area contributed by atoms with Gasteiger partial charge in [-0.3, -0.25) is 0 Å². The van der Waals surface area contributed by atoms with Gasteiger partial charge in [0.2, 0.25) is 5.95 Å². The van der Waals surface area contributed by atoms with Crippen molar-refractivity contribution in [3.8, 4) is 0 Å². The van der Waals surface area contributed by atoms with Gasteiger partial charge in [-0.05, 0) is 89.3 Å². The van der Waals surface area contributed by atoms with Crippen molar-refractivity contribution < 1.29 is 5.11 Å². The van der Waals surface area contributed by atoms with Crippen LogP contribution in [-0.4, -0.2) is 55.8 Å². The molecule has 34 heavy (non-hydrogen) atoms. The van der Waals surface area contributed by atoms with Gasteiger partial charge in [-0.2, -0.15) is 4.98 Å². The molecular formula is C28H45N5O. The summed E-state index contributed by atoms with van der Waals surface area (Å²) in [5.41, 5.74) is 2.55. The van der Waals surface area contributed by atoms with Gasteiger partial charge in [-0.15, -0.1) is 0 Å². The normalized spacial score (nSPS) is 26.7. The van der Waals surface area contributed by atoms with Gasteiger partial charge < -0.3 is 19.9 Å². The number of aliphatic hydroxyl groups is 1. The summed E-state index contributed by atoms with van der Waals surface area (Å²) in [4.78, 5) is 12.6. The summed E-state index contributed by atoms with van der Waals surface area (Å²) in [5.74, 6) is 1.35. The van der Waals surface area contributed by atoms with Crippen molar-refractivity contribution in [3.05, 3.63) is 18.0 Å². The number of nitrogens with one attached hydrogen (secondary N) is 1. The second kappa shape index (κ2) is 10.9. The Bertz CT molecular complexity index is 920. The van der Waals surface area contributed by atoms with Gasteiger partial charge in [0.05, 0.1) is 6.10 Å². The molecule has 0 bridgehead atoms. The van der Waals surface area contributed by atoms with Crippen LogP contribution in [0.15, 0.2) is 12.4 Å². The van der Waals surface area contributed by atoms with Crippen molar-refractivity contribution in [1.29, 1.82) is 0 Å². The molecule has 2 saturated carbocycles. The van der Waals surface area contributed by atoms with E-state index in [-0.39, 0.29) is 6.10 Å². The first-order valence-electron chi connectivity index (χ1n) is 14.2. The molecule has 6 nitrogen and oxygen atoms in total. The Morgan fingerprint density at radius 2 is 1.74 bits per heavy atom. The number of likely N-dealkylation sites (tertiary alicyclic amines) is 1. The van der Waals surface area contributed by atoms with Crippen LogP contribution in [0.1, 0.15) is 115 Å². The van der Waals surface area contributed by atoms with Crippen molar-refractivity contribution >= 4 is 17.0 Å². The summed E-state index contributed by atoms with van der Waals surface area (Å²) in [7, 11) is 0. The molecule has 2 aromatic rings. The van der Waals surface area contributed by atoms with E-state index in [2.05, 4.69) is 41.0 Å². The molecular weight excluding hydrogens is 422 g/mol. The summed E-state index contributed by atoms with van der Waals surface area (Å²) in [5, 5.41) is 14.8. The number of fused-ring (bicyclic) bond motifs is 1. The Balaban J connectivity index is 1.38. The lowest BCUT2D eigenvalue weighted by Gasteiger charge is -2.39. The lowest BCUT2D eigenvalue weighted by Crippen LogP contribution is -2.41. The standard InChI is InChI=1S/C28H45N5O/c1-3-7-20(2)30-28-29-18-25-26(19-33(27(25)31-28)23-10-12-24(34)13-11-23)21-14-16-32(17-15-21)22-8-5-4-6-9-22/h18-24,34H,3-17H2,1-2H3,(H,29,30,31)/t20-,23?,24?/m0/s1. The molecule has 0 spiro atoms. The topological polar surface area (TPSA) is 66.2 Å². The van der Waals surface area contributed by atoms with Gasteiger partial charge in [0.1, 0.15) is 5.65 Å². The number of piperidine rings is 1. The van der Waals surface area contributed by atoms with Crippen molar-refractivity contribution in [2.24, 2.45) is 0 Å². The third kappa shape index (κ3) is 5.28. The quantitative estimate of drug-likeness (QED) is 0.521. The van der Waals surface area contributed by atoms with Crippen molar-refractivity contribution in [3.63, 3.8) is 0 Å². The minimum Gasteiger partial charge on any atom is -0.393 e. The van der Waals surface area contributed by atoms with Crippen LogP contribution in [0.5, 0.6) is 0 Å². The third-order valence-corrected chi connectivity index (χ3v) is 8.82. The molecule has 2 N–H and O–H groups in total. The predicted octanol–water partition coefficient (Wildman–Crippen LogP) is 6.02. The largest absolute Gasteiger partial charge is 0.393 e. The van der Waals surface area contributed by atoms with E-state index in [1.54, 1.807) is 0 Å². The first-order valence-corrected chi connectivity index (χ1v) is 14.2. The molecule has 3 fully saturated rings. The average molecular weight is 468 g/mol. The van der Waals surface area contributed by atoms with Gasteiger partial charge >= 0.3 is 0 Å². The van der Waals surface area contributed by atoms with Crippen molar-refractivity contribution in [1.82, 2.24) is 19.4 Å². The van der Waals surface area contributed by atoms with Crippen LogP contribution < -0.4 is 5.32 Å². The molecule has 6 heteroatoms. The Labute approximate surface area is 205 Å². The monoisotopic (exact) mass is 467 g/mol. The maximum absolute atomic E-state index is 10.1. The van der Waals surface area contributed by atoms with Gasteiger partial charge in [0.15, 0.2) is 0 Å². The van der Waals surface area contributed by atoms with Crippen molar-refractivity contribution in [2.75, 3.05) is 18.4 Å². The maximum Gasteiger partial charge on any atom is 0.224 e. The molecule has 1 aliphatic heterocycles. The lowest BCUT2D eigenvalue weighted by atomic mass is 9.87.